The number of aliphatic hydroxyl groups is 1. The van der Waals surface area contributed by atoms with E-state index in [-0.39, 0.29) is 35.9 Å². The minimum atomic E-state index is -0.974. The lowest BCUT2D eigenvalue weighted by atomic mass is 10.2. The largest absolute Gasteiger partial charge is 0.491 e. The van der Waals surface area contributed by atoms with Gasteiger partial charge in [-0.05, 0) is 18.6 Å². The second-order valence-corrected chi connectivity index (χ2v) is 8.75. The molecule has 0 bridgehead atoms. The van der Waals surface area contributed by atoms with Gasteiger partial charge in [0.15, 0.2) is 22.1 Å². The van der Waals surface area contributed by atoms with E-state index >= 15 is 0 Å². The molecule has 176 valence electrons. The van der Waals surface area contributed by atoms with Crippen molar-refractivity contribution in [2.45, 2.75) is 24.7 Å². The summed E-state index contributed by atoms with van der Waals surface area (Å²) in [7, 11) is 1.50. The van der Waals surface area contributed by atoms with Crippen LogP contribution in [0.2, 0.25) is 0 Å². The fourth-order valence-electron chi connectivity index (χ4n) is 3.50. The Bertz CT molecular complexity index is 1440. The minimum Gasteiger partial charge on any atom is -0.491 e. The normalized spacial score (nSPS) is 12.1. The number of aromatic amines is 1. The first-order valence-electron chi connectivity index (χ1n) is 10.6. The van der Waals surface area contributed by atoms with Crippen LogP contribution < -0.4 is 16.0 Å². The minimum absolute atomic E-state index is 0.00841. The molecule has 2 aromatic heterocycles. The molecule has 2 N–H and O–H groups in total. The highest BCUT2D eigenvalue weighted by Crippen LogP contribution is 2.23. The molecule has 0 saturated carbocycles. The lowest BCUT2D eigenvalue weighted by Crippen LogP contribution is -2.30. The molecule has 0 aliphatic rings. The third kappa shape index (κ3) is 4.97. The van der Waals surface area contributed by atoms with E-state index in [1.54, 1.807) is 24.3 Å². The molecule has 0 radical (unpaired) electrons. The van der Waals surface area contributed by atoms with Crippen LogP contribution >= 0.6 is 11.8 Å². The van der Waals surface area contributed by atoms with E-state index in [9.17, 15) is 19.5 Å². The van der Waals surface area contributed by atoms with Crippen molar-refractivity contribution in [3.8, 4) is 5.75 Å². The lowest BCUT2D eigenvalue weighted by molar-refractivity contribution is 0.0910. The van der Waals surface area contributed by atoms with Crippen LogP contribution in [0.4, 0.5) is 0 Å². The quantitative estimate of drug-likeness (QED) is 0.278. The predicted molar refractivity (Wildman–Crippen MR) is 130 cm³/mol. The first-order chi connectivity index (χ1) is 16.3. The van der Waals surface area contributed by atoms with Gasteiger partial charge in [0, 0.05) is 12.6 Å². The van der Waals surface area contributed by atoms with Gasteiger partial charge in [0.1, 0.15) is 18.5 Å². The number of aromatic nitrogens is 4. The highest BCUT2D eigenvalue weighted by Gasteiger charge is 2.21. The molecule has 1 atom stereocenters. The maximum Gasteiger partial charge on any atom is 0.329 e. The van der Waals surface area contributed by atoms with Gasteiger partial charge in [-0.25, -0.2) is 9.78 Å². The van der Waals surface area contributed by atoms with Crippen molar-refractivity contribution >= 4 is 28.7 Å². The Morgan fingerprint density at radius 2 is 1.85 bits per heavy atom. The van der Waals surface area contributed by atoms with Gasteiger partial charge in [-0.3, -0.25) is 19.1 Å². The summed E-state index contributed by atoms with van der Waals surface area (Å²) >= 11 is 1.14. The van der Waals surface area contributed by atoms with Gasteiger partial charge in [-0.1, -0.05) is 60.3 Å². The SMILES string of the molecule is Cc1ccccc1OC[C@@H](O)Cn1c(SCC(=O)c2ccccc2)nc2c1c(=O)[nH]c(=O)n2C. The molecule has 0 aliphatic heterocycles. The van der Waals surface area contributed by atoms with E-state index in [0.29, 0.717) is 16.5 Å². The third-order valence-electron chi connectivity index (χ3n) is 5.32. The van der Waals surface area contributed by atoms with Crippen molar-refractivity contribution in [1.82, 2.24) is 19.1 Å². The number of thioether (sulfide) groups is 1. The Hall–Kier alpha value is -3.63. The summed E-state index contributed by atoms with van der Waals surface area (Å²) in [4.78, 5) is 44.0. The zero-order valence-corrected chi connectivity index (χ0v) is 19.5. The lowest BCUT2D eigenvalue weighted by Gasteiger charge is -2.16. The van der Waals surface area contributed by atoms with E-state index < -0.39 is 17.4 Å². The Labute approximate surface area is 199 Å². The Kier molecular flexibility index (Phi) is 6.99. The summed E-state index contributed by atoms with van der Waals surface area (Å²) < 4.78 is 8.50. The highest BCUT2D eigenvalue weighted by molar-refractivity contribution is 7.99. The molecule has 4 rings (SSSR count). The first-order valence-corrected chi connectivity index (χ1v) is 11.6. The number of benzene rings is 2. The van der Waals surface area contributed by atoms with E-state index in [2.05, 4.69) is 9.97 Å². The molecular weight excluding hydrogens is 456 g/mol. The number of rotatable bonds is 9. The van der Waals surface area contributed by atoms with Crippen LogP contribution in [0.25, 0.3) is 11.2 Å². The summed E-state index contributed by atoms with van der Waals surface area (Å²) in [5.74, 6) is 0.630. The number of aryl methyl sites for hydroxylation is 2. The number of nitrogens with zero attached hydrogens (tertiary/aromatic N) is 3. The standard InChI is InChI=1S/C24H24N4O5S/c1-15-8-6-7-11-19(15)33-13-17(29)12-28-20-21(27(2)23(32)26-22(20)31)25-24(28)34-14-18(30)16-9-4-3-5-10-16/h3-11,17,29H,12-14H2,1-2H3,(H,26,31,32)/t17-/m0/s1. The fraction of sp³-hybridized carbons (Fsp3) is 0.250. The summed E-state index contributed by atoms with van der Waals surface area (Å²) in [5.41, 5.74) is 0.614. The number of carbonyl (C=O) groups excluding carboxylic acids is 1. The zero-order valence-electron chi connectivity index (χ0n) is 18.7. The van der Waals surface area contributed by atoms with E-state index in [1.807, 2.05) is 37.3 Å². The maximum atomic E-state index is 12.6. The molecular formula is C24H24N4O5S. The summed E-state index contributed by atoms with van der Waals surface area (Å²) in [6, 6.07) is 16.3. The number of imidazole rings is 1. The van der Waals surface area contributed by atoms with Crippen molar-refractivity contribution in [3.05, 3.63) is 86.6 Å². The predicted octanol–water partition coefficient (Wildman–Crippen LogP) is 2.15. The van der Waals surface area contributed by atoms with Crippen molar-refractivity contribution in [2.24, 2.45) is 7.05 Å². The molecule has 2 heterocycles. The molecule has 0 amide bonds. The van der Waals surface area contributed by atoms with Crippen LogP contribution in [0, 0.1) is 6.92 Å². The van der Waals surface area contributed by atoms with Crippen molar-refractivity contribution in [3.63, 3.8) is 0 Å². The Balaban J connectivity index is 1.61. The second-order valence-electron chi connectivity index (χ2n) is 7.80. The van der Waals surface area contributed by atoms with Gasteiger partial charge >= 0.3 is 5.69 Å². The van der Waals surface area contributed by atoms with Crippen LogP contribution in [0.15, 0.2) is 69.3 Å². The van der Waals surface area contributed by atoms with Crippen LogP contribution in [0.1, 0.15) is 15.9 Å². The average Bonchev–Trinajstić information content (AvgIpc) is 3.19. The van der Waals surface area contributed by atoms with Crippen LogP contribution in [0.3, 0.4) is 0 Å². The van der Waals surface area contributed by atoms with Gasteiger partial charge in [0.05, 0.1) is 12.3 Å². The van der Waals surface area contributed by atoms with E-state index in [0.717, 1.165) is 17.3 Å². The summed E-state index contributed by atoms with van der Waals surface area (Å²) in [6.45, 7) is 1.89. The molecule has 0 spiro atoms. The zero-order chi connectivity index (χ0) is 24.2. The van der Waals surface area contributed by atoms with Crippen LogP contribution in [-0.2, 0) is 13.6 Å². The fourth-order valence-corrected chi connectivity index (χ4v) is 4.40. The topological polar surface area (TPSA) is 119 Å². The molecule has 0 fully saturated rings. The molecule has 9 nitrogen and oxygen atoms in total. The first kappa shape index (κ1) is 23.5. The number of fused-ring (bicyclic) bond motifs is 1. The van der Waals surface area contributed by atoms with E-state index in [4.69, 9.17) is 4.74 Å². The number of nitrogens with one attached hydrogen (secondary N) is 1. The summed E-state index contributed by atoms with van der Waals surface area (Å²) in [5, 5.41) is 11.0. The number of H-pyrrole nitrogens is 1. The average molecular weight is 481 g/mol. The number of Topliss-reactive ketones (excluding diaryl/α,β-unsaturated/α-hetero) is 1. The molecule has 2 aromatic carbocycles. The number of ketones is 1. The van der Waals surface area contributed by atoms with Crippen molar-refractivity contribution in [1.29, 1.82) is 0 Å². The number of hydrogen-bond donors (Lipinski definition) is 2. The van der Waals surface area contributed by atoms with Crippen molar-refractivity contribution < 1.29 is 14.6 Å². The van der Waals surface area contributed by atoms with Gasteiger partial charge in [-0.15, -0.1) is 0 Å². The molecule has 4 aromatic rings. The van der Waals surface area contributed by atoms with Crippen molar-refractivity contribution in [2.75, 3.05) is 12.4 Å². The molecule has 0 aliphatic carbocycles. The van der Waals surface area contributed by atoms with Gasteiger partial charge in [-0.2, -0.15) is 0 Å². The number of hydrogen-bond acceptors (Lipinski definition) is 7. The number of ether oxygens (including phenoxy) is 1. The van der Waals surface area contributed by atoms with Crippen LogP contribution in [0.5, 0.6) is 5.75 Å². The third-order valence-corrected chi connectivity index (χ3v) is 6.29. The monoisotopic (exact) mass is 480 g/mol. The molecule has 10 heteroatoms. The summed E-state index contributed by atoms with van der Waals surface area (Å²) in [6.07, 6.45) is -0.974. The highest BCUT2D eigenvalue weighted by atomic mass is 32.2. The molecule has 0 unspecified atom stereocenters. The van der Waals surface area contributed by atoms with Gasteiger partial charge < -0.3 is 14.4 Å². The number of carbonyl (C=O) groups is 1. The molecule has 34 heavy (non-hydrogen) atoms. The van der Waals surface area contributed by atoms with Gasteiger partial charge in [0.2, 0.25) is 0 Å². The maximum absolute atomic E-state index is 12.6. The Morgan fingerprint density at radius 1 is 1.15 bits per heavy atom. The smallest absolute Gasteiger partial charge is 0.329 e. The Morgan fingerprint density at radius 3 is 2.59 bits per heavy atom. The second kappa shape index (κ2) is 10.1. The van der Waals surface area contributed by atoms with E-state index in [1.165, 1.54) is 16.2 Å². The number of para-hydroxylation sites is 1. The molecule has 0 saturated heterocycles. The number of aliphatic hydroxyl groups excluding tert-OH is 1. The van der Waals surface area contributed by atoms with Crippen LogP contribution in [-0.4, -0.2) is 48.5 Å². The van der Waals surface area contributed by atoms with Gasteiger partial charge in [0.25, 0.3) is 5.56 Å².